The van der Waals surface area contributed by atoms with E-state index in [1.807, 2.05) is 4.90 Å². The van der Waals surface area contributed by atoms with Crippen LogP contribution in [0.1, 0.15) is 19.8 Å². The molecule has 1 aromatic rings. The molecular formula is C14H17Cl2NO2. The summed E-state index contributed by atoms with van der Waals surface area (Å²) in [4.78, 5) is 13.9. The van der Waals surface area contributed by atoms with E-state index in [0.29, 0.717) is 21.7 Å². The van der Waals surface area contributed by atoms with Gasteiger partial charge in [0.25, 0.3) is 5.91 Å². The van der Waals surface area contributed by atoms with E-state index in [0.717, 1.165) is 19.5 Å². The summed E-state index contributed by atoms with van der Waals surface area (Å²) in [6.07, 6.45) is 2.25. The quantitative estimate of drug-likeness (QED) is 0.853. The van der Waals surface area contributed by atoms with Gasteiger partial charge in [0.15, 0.2) is 6.61 Å². The van der Waals surface area contributed by atoms with Crippen LogP contribution in [0.4, 0.5) is 0 Å². The van der Waals surface area contributed by atoms with Gasteiger partial charge in [0, 0.05) is 23.1 Å². The van der Waals surface area contributed by atoms with Crippen molar-refractivity contribution in [3.8, 4) is 5.75 Å². The minimum atomic E-state index is 0.0163. The van der Waals surface area contributed by atoms with Gasteiger partial charge in [-0.15, -0.1) is 0 Å². The fourth-order valence-electron chi connectivity index (χ4n) is 2.26. The Morgan fingerprint density at radius 1 is 1.37 bits per heavy atom. The van der Waals surface area contributed by atoms with Crippen molar-refractivity contribution in [2.45, 2.75) is 19.8 Å². The predicted molar refractivity (Wildman–Crippen MR) is 76.9 cm³/mol. The largest absolute Gasteiger partial charge is 0.484 e. The van der Waals surface area contributed by atoms with Crippen LogP contribution in [0.2, 0.25) is 10.0 Å². The molecule has 1 aromatic carbocycles. The maximum absolute atomic E-state index is 12.0. The van der Waals surface area contributed by atoms with Crippen molar-refractivity contribution in [2.24, 2.45) is 5.92 Å². The first-order valence-corrected chi connectivity index (χ1v) is 7.17. The Hall–Kier alpha value is -0.930. The summed E-state index contributed by atoms with van der Waals surface area (Å²) in [5, 5.41) is 1.00. The van der Waals surface area contributed by atoms with Gasteiger partial charge in [0.2, 0.25) is 0 Å². The molecule has 1 aliphatic heterocycles. The van der Waals surface area contributed by atoms with Gasteiger partial charge in [-0.05, 0) is 37.0 Å². The Morgan fingerprint density at radius 3 is 2.68 bits per heavy atom. The average molecular weight is 302 g/mol. The van der Waals surface area contributed by atoms with Crippen LogP contribution in [0.15, 0.2) is 18.2 Å². The number of nitrogens with zero attached hydrogens (tertiary/aromatic N) is 1. The van der Waals surface area contributed by atoms with E-state index in [1.165, 1.54) is 6.42 Å². The number of halogens is 2. The maximum Gasteiger partial charge on any atom is 0.260 e. The smallest absolute Gasteiger partial charge is 0.260 e. The van der Waals surface area contributed by atoms with E-state index in [1.54, 1.807) is 18.2 Å². The van der Waals surface area contributed by atoms with Crippen LogP contribution < -0.4 is 4.74 Å². The lowest BCUT2D eigenvalue weighted by atomic mass is 10.0. The van der Waals surface area contributed by atoms with Crippen LogP contribution in [-0.2, 0) is 4.79 Å². The van der Waals surface area contributed by atoms with E-state index < -0.39 is 0 Å². The lowest BCUT2D eigenvalue weighted by Crippen LogP contribution is -2.41. The molecule has 1 heterocycles. The standard InChI is InChI=1S/C14H17Cl2NO2/c1-10-3-2-4-17(8-10)14(18)9-19-13-6-11(15)5-12(16)7-13/h5-7,10H,2-4,8-9H2,1H3. The van der Waals surface area contributed by atoms with Crippen molar-refractivity contribution >= 4 is 29.1 Å². The van der Waals surface area contributed by atoms with Gasteiger partial charge in [-0.1, -0.05) is 30.1 Å². The fraction of sp³-hybridized carbons (Fsp3) is 0.500. The molecule has 3 nitrogen and oxygen atoms in total. The first kappa shape index (κ1) is 14.5. The third kappa shape index (κ3) is 4.29. The van der Waals surface area contributed by atoms with Crippen LogP contribution in [0, 0.1) is 5.92 Å². The second-order valence-corrected chi connectivity index (χ2v) is 5.85. The number of hydrogen-bond acceptors (Lipinski definition) is 2. The SMILES string of the molecule is CC1CCCN(C(=O)COc2cc(Cl)cc(Cl)c2)C1. The Labute approximate surface area is 123 Å². The number of ether oxygens (including phenoxy) is 1. The van der Waals surface area contributed by atoms with Gasteiger partial charge in [0.1, 0.15) is 5.75 Å². The van der Waals surface area contributed by atoms with Crippen LogP contribution >= 0.6 is 23.2 Å². The second-order valence-electron chi connectivity index (χ2n) is 4.98. The van der Waals surface area contributed by atoms with Crippen LogP contribution in [0.5, 0.6) is 5.75 Å². The minimum absolute atomic E-state index is 0.0163. The van der Waals surface area contributed by atoms with E-state index in [-0.39, 0.29) is 12.5 Å². The molecule has 104 valence electrons. The summed E-state index contributed by atoms with van der Waals surface area (Å²) in [6, 6.07) is 4.93. The van der Waals surface area contributed by atoms with Crippen molar-refractivity contribution in [3.05, 3.63) is 28.2 Å². The molecule has 1 saturated heterocycles. The molecule has 0 spiro atoms. The lowest BCUT2D eigenvalue weighted by molar-refractivity contribution is -0.135. The van der Waals surface area contributed by atoms with Crippen LogP contribution in [0.3, 0.4) is 0 Å². The number of benzene rings is 1. The summed E-state index contributed by atoms with van der Waals surface area (Å²) in [5.41, 5.74) is 0. The van der Waals surface area contributed by atoms with E-state index in [4.69, 9.17) is 27.9 Å². The van der Waals surface area contributed by atoms with Crippen molar-refractivity contribution in [3.63, 3.8) is 0 Å². The molecule has 0 aromatic heterocycles. The third-order valence-corrected chi connectivity index (χ3v) is 3.64. The van der Waals surface area contributed by atoms with Crippen molar-refractivity contribution in [1.82, 2.24) is 4.90 Å². The minimum Gasteiger partial charge on any atom is -0.484 e. The highest BCUT2D eigenvalue weighted by atomic mass is 35.5. The molecule has 1 fully saturated rings. The molecular weight excluding hydrogens is 285 g/mol. The number of hydrogen-bond donors (Lipinski definition) is 0. The predicted octanol–water partition coefficient (Wildman–Crippen LogP) is 3.63. The van der Waals surface area contributed by atoms with Crippen molar-refractivity contribution in [1.29, 1.82) is 0 Å². The zero-order valence-corrected chi connectivity index (χ0v) is 12.4. The van der Waals surface area contributed by atoms with Gasteiger partial charge in [-0.2, -0.15) is 0 Å². The molecule has 1 unspecified atom stereocenters. The summed E-state index contributed by atoms with van der Waals surface area (Å²) in [5.74, 6) is 1.11. The fourth-order valence-corrected chi connectivity index (χ4v) is 2.77. The molecule has 19 heavy (non-hydrogen) atoms. The zero-order chi connectivity index (χ0) is 13.8. The first-order valence-electron chi connectivity index (χ1n) is 6.41. The average Bonchev–Trinajstić information content (AvgIpc) is 2.35. The van der Waals surface area contributed by atoms with Gasteiger partial charge < -0.3 is 9.64 Å². The molecule has 1 amide bonds. The number of rotatable bonds is 3. The van der Waals surface area contributed by atoms with Crippen molar-refractivity contribution < 1.29 is 9.53 Å². The zero-order valence-electron chi connectivity index (χ0n) is 10.9. The Kier molecular flexibility index (Phi) is 4.94. The normalized spacial score (nSPS) is 19.3. The van der Waals surface area contributed by atoms with Gasteiger partial charge in [-0.25, -0.2) is 0 Å². The van der Waals surface area contributed by atoms with E-state index in [2.05, 4.69) is 6.92 Å². The number of carbonyl (C=O) groups excluding carboxylic acids is 1. The summed E-state index contributed by atoms with van der Waals surface area (Å²) in [6.45, 7) is 3.84. The second kappa shape index (κ2) is 6.49. The highest BCUT2D eigenvalue weighted by Gasteiger charge is 2.21. The summed E-state index contributed by atoms with van der Waals surface area (Å²) < 4.78 is 5.46. The van der Waals surface area contributed by atoms with Gasteiger partial charge in [-0.3, -0.25) is 4.79 Å². The number of amides is 1. The lowest BCUT2D eigenvalue weighted by Gasteiger charge is -2.30. The number of carbonyl (C=O) groups is 1. The molecule has 0 radical (unpaired) electrons. The number of piperidine rings is 1. The van der Waals surface area contributed by atoms with Crippen LogP contribution in [0.25, 0.3) is 0 Å². The highest BCUT2D eigenvalue weighted by Crippen LogP contribution is 2.24. The molecule has 5 heteroatoms. The molecule has 2 rings (SSSR count). The summed E-state index contributed by atoms with van der Waals surface area (Å²) in [7, 11) is 0. The number of likely N-dealkylation sites (tertiary alicyclic amines) is 1. The van der Waals surface area contributed by atoms with Crippen LogP contribution in [-0.4, -0.2) is 30.5 Å². The monoisotopic (exact) mass is 301 g/mol. The highest BCUT2D eigenvalue weighted by molar-refractivity contribution is 6.34. The van der Waals surface area contributed by atoms with Gasteiger partial charge >= 0.3 is 0 Å². The third-order valence-electron chi connectivity index (χ3n) is 3.21. The van der Waals surface area contributed by atoms with Crippen molar-refractivity contribution in [2.75, 3.05) is 19.7 Å². The molecule has 0 bridgehead atoms. The van der Waals surface area contributed by atoms with Gasteiger partial charge in [0.05, 0.1) is 0 Å². The Morgan fingerprint density at radius 2 is 2.05 bits per heavy atom. The summed E-state index contributed by atoms with van der Waals surface area (Å²) >= 11 is 11.7. The topological polar surface area (TPSA) is 29.5 Å². The molecule has 0 N–H and O–H groups in total. The molecule has 1 aliphatic rings. The molecule has 0 aliphatic carbocycles. The Bertz CT molecular complexity index is 445. The van der Waals surface area contributed by atoms with E-state index >= 15 is 0 Å². The maximum atomic E-state index is 12.0. The molecule has 0 saturated carbocycles. The Balaban J connectivity index is 1.89. The van der Waals surface area contributed by atoms with E-state index in [9.17, 15) is 4.79 Å². The molecule has 1 atom stereocenters. The first-order chi connectivity index (χ1) is 9.04.